The Morgan fingerprint density at radius 1 is 1.18 bits per heavy atom. The van der Waals surface area contributed by atoms with Gasteiger partial charge in [0.2, 0.25) is 6.43 Å². The molecule has 0 aromatic carbocycles. The van der Waals surface area contributed by atoms with Gasteiger partial charge in [0.15, 0.2) is 0 Å². The molecule has 0 radical (unpaired) electrons. The van der Waals surface area contributed by atoms with E-state index in [9.17, 15) is 8.78 Å². The van der Waals surface area contributed by atoms with Gasteiger partial charge in [0.05, 0.1) is 0 Å². The Morgan fingerprint density at radius 2 is 1.82 bits per heavy atom. The second-order valence-corrected chi connectivity index (χ2v) is 3.00. The van der Waals surface area contributed by atoms with Gasteiger partial charge in [0, 0.05) is 12.5 Å². The fraction of sp³-hybridized carbons (Fsp3) is 1.00. The summed E-state index contributed by atoms with van der Waals surface area (Å²) in [5.74, 6) is 0. The maximum absolute atomic E-state index is 11.6. The van der Waals surface area contributed by atoms with Gasteiger partial charge in [-0.15, -0.1) is 0 Å². The summed E-state index contributed by atoms with van der Waals surface area (Å²) in [6.45, 7) is 4.95. The first-order chi connectivity index (χ1) is 5.13. The fourth-order valence-electron chi connectivity index (χ4n) is 0.814. The first kappa shape index (κ1) is 10.8. The third-order valence-electron chi connectivity index (χ3n) is 1.40. The Balaban J connectivity index is 2.91. The van der Waals surface area contributed by atoms with Crippen molar-refractivity contribution in [1.82, 2.24) is 5.32 Å². The van der Waals surface area contributed by atoms with Gasteiger partial charge < -0.3 is 5.32 Å². The average molecular weight is 165 g/mol. The SMILES string of the molecule is CC(C)NCCCCC(F)F. The molecular weight excluding hydrogens is 148 g/mol. The van der Waals surface area contributed by atoms with Gasteiger partial charge in [-0.25, -0.2) is 8.78 Å². The Hall–Kier alpha value is -0.180. The Kier molecular flexibility index (Phi) is 6.42. The smallest absolute Gasteiger partial charge is 0.238 e. The molecule has 0 aliphatic carbocycles. The average Bonchev–Trinajstić information content (AvgIpc) is 1.85. The molecule has 0 amide bonds. The molecule has 3 heteroatoms. The van der Waals surface area contributed by atoms with E-state index in [-0.39, 0.29) is 6.42 Å². The van der Waals surface area contributed by atoms with Crippen molar-refractivity contribution in [2.45, 2.75) is 45.6 Å². The van der Waals surface area contributed by atoms with Crippen LogP contribution in [0.15, 0.2) is 0 Å². The summed E-state index contributed by atoms with van der Waals surface area (Å²) in [6, 6.07) is 0.460. The summed E-state index contributed by atoms with van der Waals surface area (Å²) in [7, 11) is 0. The molecule has 0 aliphatic heterocycles. The van der Waals surface area contributed by atoms with Crippen LogP contribution in [-0.4, -0.2) is 19.0 Å². The van der Waals surface area contributed by atoms with Crippen molar-refractivity contribution in [1.29, 1.82) is 0 Å². The van der Waals surface area contributed by atoms with Crippen molar-refractivity contribution < 1.29 is 8.78 Å². The summed E-state index contributed by atoms with van der Waals surface area (Å²) < 4.78 is 23.2. The van der Waals surface area contributed by atoms with Crippen LogP contribution in [0.2, 0.25) is 0 Å². The molecule has 0 fully saturated rings. The number of hydrogen-bond donors (Lipinski definition) is 1. The third kappa shape index (κ3) is 9.82. The molecule has 0 atom stereocenters. The van der Waals surface area contributed by atoms with Crippen LogP contribution in [0.1, 0.15) is 33.1 Å². The van der Waals surface area contributed by atoms with Crippen LogP contribution >= 0.6 is 0 Å². The number of rotatable bonds is 6. The first-order valence-electron chi connectivity index (χ1n) is 4.14. The quantitative estimate of drug-likeness (QED) is 0.596. The molecule has 1 N–H and O–H groups in total. The fourth-order valence-corrected chi connectivity index (χ4v) is 0.814. The van der Waals surface area contributed by atoms with Gasteiger partial charge in [-0.1, -0.05) is 13.8 Å². The highest BCUT2D eigenvalue weighted by Gasteiger charge is 2.00. The van der Waals surface area contributed by atoms with Crippen molar-refractivity contribution >= 4 is 0 Å². The lowest BCUT2D eigenvalue weighted by molar-refractivity contribution is 0.134. The van der Waals surface area contributed by atoms with E-state index in [1.807, 2.05) is 13.8 Å². The van der Waals surface area contributed by atoms with Crippen LogP contribution in [-0.2, 0) is 0 Å². The highest BCUT2D eigenvalue weighted by atomic mass is 19.3. The molecule has 0 aromatic heterocycles. The molecule has 1 nitrogen and oxygen atoms in total. The second-order valence-electron chi connectivity index (χ2n) is 3.00. The summed E-state index contributed by atoms with van der Waals surface area (Å²) in [5.41, 5.74) is 0. The van der Waals surface area contributed by atoms with Crippen molar-refractivity contribution in [3.05, 3.63) is 0 Å². The highest BCUT2D eigenvalue weighted by molar-refractivity contribution is 4.53. The van der Waals surface area contributed by atoms with Gasteiger partial charge >= 0.3 is 0 Å². The van der Waals surface area contributed by atoms with Crippen LogP contribution in [0.4, 0.5) is 8.78 Å². The highest BCUT2D eigenvalue weighted by Crippen LogP contribution is 2.04. The van der Waals surface area contributed by atoms with Crippen LogP contribution < -0.4 is 5.32 Å². The molecule has 0 saturated heterocycles. The molecule has 11 heavy (non-hydrogen) atoms. The molecule has 0 heterocycles. The topological polar surface area (TPSA) is 12.0 Å². The van der Waals surface area contributed by atoms with E-state index in [2.05, 4.69) is 5.32 Å². The number of nitrogens with one attached hydrogen (secondary N) is 1. The molecule has 68 valence electrons. The predicted molar refractivity (Wildman–Crippen MR) is 43.0 cm³/mol. The van der Waals surface area contributed by atoms with E-state index in [0.29, 0.717) is 12.5 Å². The summed E-state index contributed by atoms with van der Waals surface area (Å²) in [4.78, 5) is 0. The number of halogens is 2. The molecule has 0 aromatic rings. The lowest BCUT2D eigenvalue weighted by atomic mass is 10.2. The minimum absolute atomic E-state index is 0.0414. The molecule has 0 bridgehead atoms. The standard InChI is InChI=1S/C8H17F2N/c1-7(2)11-6-4-3-5-8(9)10/h7-8,11H,3-6H2,1-2H3. The molecule has 0 rings (SSSR count). The molecule has 0 spiro atoms. The van der Waals surface area contributed by atoms with E-state index in [1.165, 1.54) is 0 Å². The zero-order chi connectivity index (χ0) is 8.69. The molecule has 0 saturated carbocycles. The van der Waals surface area contributed by atoms with Gasteiger partial charge in [0.1, 0.15) is 0 Å². The monoisotopic (exact) mass is 165 g/mol. The zero-order valence-electron chi connectivity index (χ0n) is 7.24. The number of hydrogen-bond acceptors (Lipinski definition) is 1. The molecule has 0 unspecified atom stereocenters. The minimum atomic E-state index is -2.13. The van der Waals surface area contributed by atoms with Gasteiger partial charge in [-0.05, 0) is 19.4 Å². The van der Waals surface area contributed by atoms with E-state index in [0.717, 1.165) is 13.0 Å². The summed E-state index contributed by atoms with van der Waals surface area (Å²) in [6.07, 6.45) is -0.617. The minimum Gasteiger partial charge on any atom is -0.315 e. The van der Waals surface area contributed by atoms with Crippen LogP contribution in [0, 0.1) is 0 Å². The maximum Gasteiger partial charge on any atom is 0.238 e. The zero-order valence-corrected chi connectivity index (χ0v) is 7.24. The third-order valence-corrected chi connectivity index (χ3v) is 1.40. The largest absolute Gasteiger partial charge is 0.315 e. The predicted octanol–water partition coefficient (Wildman–Crippen LogP) is 2.42. The van der Waals surface area contributed by atoms with E-state index in [4.69, 9.17) is 0 Å². The second kappa shape index (κ2) is 6.53. The summed E-state index contributed by atoms with van der Waals surface area (Å²) in [5, 5.41) is 3.17. The van der Waals surface area contributed by atoms with Gasteiger partial charge in [0.25, 0.3) is 0 Å². The lowest BCUT2D eigenvalue weighted by Crippen LogP contribution is -2.23. The lowest BCUT2D eigenvalue weighted by Gasteiger charge is -2.06. The van der Waals surface area contributed by atoms with E-state index >= 15 is 0 Å². The molecule has 0 aliphatic rings. The normalized spacial score (nSPS) is 11.5. The maximum atomic E-state index is 11.6. The Bertz CT molecular complexity index is 74.2. The number of unbranched alkanes of at least 4 members (excludes halogenated alkanes) is 1. The van der Waals surface area contributed by atoms with Gasteiger partial charge in [-0.3, -0.25) is 0 Å². The summed E-state index contributed by atoms with van der Waals surface area (Å²) >= 11 is 0. The van der Waals surface area contributed by atoms with Crippen molar-refractivity contribution in [2.75, 3.05) is 6.54 Å². The number of alkyl halides is 2. The molecular formula is C8H17F2N. The van der Waals surface area contributed by atoms with E-state index < -0.39 is 6.43 Å². The van der Waals surface area contributed by atoms with Crippen LogP contribution in [0.25, 0.3) is 0 Å². The Labute approximate surface area is 67.2 Å². The van der Waals surface area contributed by atoms with Crippen molar-refractivity contribution in [3.8, 4) is 0 Å². The Morgan fingerprint density at radius 3 is 2.27 bits per heavy atom. The first-order valence-corrected chi connectivity index (χ1v) is 4.14. The van der Waals surface area contributed by atoms with Crippen LogP contribution in [0.5, 0.6) is 0 Å². The van der Waals surface area contributed by atoms with Gasteiger partial charge in [-0.2, -0.15) is 0 Å². The van der Waals surface area contributed by atoms with Crippen LogP contribution in [0.3, 0.4) is 0 Å². The van der Waals surface area contributed by atoms with E-state index in [1.54, 1.807) is 0 Å². The van der Waals surface area contributed by atoms with Crippen molar-refractivity contribution in [2.24, 2.45) is 0 Å². The van der Waals surface area contributed by atoms with Crippen molar-refractivity contribution in [3.63, 3.8) is 0 Å².